The van der Waals surface area contributed by atoms with Gasteiger partial charge in [0.25, 0.3) is 5.56 Å². The largest absolute Gasteiger partial charge is 0.301 e. The molecule has 7 heteroatoms. The monoisotopic (exact) mass is 351 g/mol. The lowest BCUT2D eigenvalue weighted by Crippen LogP contribution is -2.26. The van der Waals surface area contributed by atoms with Crippen molar-refractivity contribution in [2.45, 2.75) is 19.9 Å². The van der Waals surface area contributed by atoms with Gasteiger partial charge in [0.1, 0.15) is 11.2 Å². The molecular weight excluding hydrogens is 334 g/mol. The molecule has 1 aliphatic rings. The molecule has 0 amide bonds. The Morgan fingerprint density at radius 1 is 1.20 bits per heavy atom. The van der Waals surface area contributed by atoms with E-state index in [1.54, 1.807) is 17.7 Å². The van der Waals surface area contributed by atoms with Crippen LogP contribution in [0.4, 0.5) is 0 Å². The van der Waals surface area contributed by atoms with Gasteiger partial charge in [0.15, 0.2) is 0 Å². The van der Waals surface area contributed by atoms with Gasteiger partial charge in [-0.15, -0.1) is 11.3 Å². The van der Waals surface area contributed by atoms with Crippen LogP contribution in [0.5, 0.6) is 0 Å². The highest BCUT2D eigenvalue weighted by Gasteiger charge is 2.23. The summed E-state index contributed by atoms with van der Waals surface area (Å²) >= 11 is 1.64. The lowest BCUT2D eigenvalue weighted by Gasteiger charge is -2.21. The minimum absolute atomic E-state index is 0.0621. The molecule has 5 rings (SSSR count). The normalized spacial score (nSPS) is 15.1. The summed E-state index contributed by atoms with van der Waals surface area (Å²) in [6, 6.07) is 8.12. The first-order valence-electron chi connectivity index (χ1n) is 8.28. The Kier molecular flexibility index (Phi) is 3.10. The van der Waals surface area contributed by atoms with Gasteiger partial charge in [-0.25, -0.2) is 4.98 Å². The fourth-order valence-corrected chi connectivity index (χ4v) is 4.74. The Labute approximate surface area is 148 Å². The van der Waals surface area contributed by atoms with E-state index in [2.05, 4.69) is 24.0 Å². The minimum Gasteiger partial charge on any atom is -0.301 e. The number of nitrogens with zero attached hydrogens (tertiary/aromatic N) is 5. The van der Waals surface area contributed by atoms with Gasteiger partial charge in [0.2, 0.25) is 5.78 Å². The molecular formula is C18H17N5OS. The number of aryl methyl sites for hydroxylation is 1. The molecule has 0 unspecified atom stereocenters. The summed E-state index contributed by atoms with van der Waals surface area (Å²) in [6.07, 6.45) is 2.56. The van der Waals surface area contributed by atoms with Crippen LogP contribution in [0.2, 0.25) is 0 Å². The van der Waals surface area contributed by atoms with Crippen molar-refractivity contribution < 1.29 is 0 Å². The molecule has 3 aromatic heterocycles. The van der Waals surface area contributed by atoms with Crippen LogP contribution in [0.1, 0.15) is 16.0 Å². The zero-order valence-electron chi connectivity index (χ0n) is 14.1. The number of hydrogen-bond donors (Lipinski definition) is 0. The molecule has 25 heavy (non-hydrogen) atoms. The molecule has 0 fully saturated rings. The SMILES string of the molecule is Cc1ccc(-n2cnn3c(=O)c4c5c(sc4nc23)CN(C)CC5)cc1. The third-order valence-corrected chi connectivity index (χ3v) is 5.95. The standard InChI is InChI=1S/C18H17N5OS/c1-11-3-5-12(6-4-11)22-10-19-23-17(24)15-13-7-8-21(2)9-14(13)25-16(15)20-18(22)23/h3-6,10H,7-9H2,1-2H3. The van der Waals surface area contributed by atoms with Crippen LogP contribution < -0.4 is 5.56 Å². The molecule has 4 aromatic rings. The van der Waals surface area contributed by atoms with Crippen molar-refractivity contribution >= 4 is 27.3 Å². The van der Waals surface area contributed by atoms with Gasteiger partial charge in [-0.1, -0.05) is 17.7 Å². The Hall–Kier alpha value is -2.51. The molecule has 0 N–H and O–H groups in total. The molecule has 0 aliphatic carbocycles. The lowest BCUT2D eigenvalue weighted by atomic mass is 10.1. The quantitative estimate of drug-likeness (QED) is 0.528. The number of likely N-dealkylation sites (N-methyl/N-ethyl adjacent to an activating group) is 1. The summed E-state index contributed by atoms with van der Waals surface area (Å²) in [5.74, 6) is 0.563. The second-order valence-corrected chi connectivity index (χ2v) is 7.72. The summed E-state index contributed by atoms with van der Waals surface area (Å²) in [5.41, 5.74) is 3.24. The molecule has 0 saturated carbocycles. The lowest BCUT2D eigenvalue weighted by molar-refractivity contribution is 0.318. The molecule has 6 nitrogen and oxygen atoms in total. The van der Waals surface area contributed by atoms with Gasteiger partial charge >= 0.3 is 0 Å². The van der Waals surface area contributed by atoms with E-state index in [0.29, 0.717) is 5.78 Å². The van der Waals surface area contributed by atoms with Crippen molar-refractivity contribution in [1.29, 1.82) is 0 Å². The first kappa shape index (κ1) is 14.8. The van der Waals surface area contributed by atoms with Crippen LogP contribution >= 0.6 is 11.3 Å². The maximum atomic E-state index is 13.0. The summed E-state index contributed by atoms with van der Waals surface area (Å²) in [6.45, 7) is 3.91. The van der Waals surface area contributed by atoms with E-state index in [9.17, 15) is 4.79 Å². The molecule has 1 aromatic carbocycles. The van der Waals surface area contributed by atoms with Gasteiger partial charge in [-0.05, 0) is 38.1 Å². The van der Waals surface area contributed by atoms with Crippen LogP contribution in [0.25, 0.3) is 21.7 Å². The molecule has 0 bridgehead atoms. The molecule has 1 aliphatic heterocycles. The highest BCUT2D eigenvalue weighted by molar-refractivity contribution is 7.18. The van der Waals surface area contributed by atoms with E-state index in [1.807, 2.05) is 28.8 Å². The summed E-state index contributed by atoms with van der Waals surface area (Å²) < 4.78 is 3.29. The van der Waals surface area contributed by atoms with Crippen molar-refractivity contribution in [3.05, 3.63) is 57.0 Å². The fraction of sp³-hybridized carbons (Fsp3) is 0.278. The van der Waals surface area contributed by atoms with E-state index < -0.39 is 0 Å². The van der Waals surface area contributed by atoms with Gasteiger partial charge in [-0.2, -0.15) is 9.61 Å². The predicted molar refractivity (Wildman–Crippen MR) is 98.7 cm³/mol. The number of hydrogen-bond acceptors (Lipinski definition) is 5. The fourth-order valence-electron chi connectivity index (χ4n) is 3.45. The first-order valence-corrected chi connectivity index (χ1v) is 9.10. The van der Waals surface area contributed by atoms with Crippen LogP contribution in [0.15, 0.2) is 35.4 Å². The van der Waals surface area contributed by atoms with Crippen molar-refractivity contribution in [3.63, 3.8) is 0 Å². The predicted octanol–water partition coefficient (Wildman–Crippen LogP) is 2.39. The van der Waals surface area contributed by atoms with Crippen molar-refractivity contribution in [2.75, 3.05) is 13.6 Å². The zero-order valence-corrected chi connectivity index (χ0v) is 14.9. The number of fused-ring (bicyclic) bond motifs is 4. The van der Waals surface area contributed by atoms with Gasteiger partial charge < -0.3 is 4.90 Å². The summed E-state index contributed by atoms with van der Waals surface area (Å²) in [5, 5.41) is 5.06. The third kappa shape index (κ3) is 2.16. The number of benzene rings is 1. The van der Waals surface area contributed by atoms with E-state index in [1.165, 1.54) is 15.0 Å². The summed E-state index contributed by atoms with van der Waals surface area (Å²) in [7, 11) is 2.11. The van der Waals surface area contributed by atoms with E-state index >= 15 is 0 Å². The average Bonchev–Trinajstić information content (AvgIpc) is 3.17. The maximum Gasteiger partial charge on any atom is 0.284 e. The second kappa shape index (κ2) is 5.24. The molecule has 0 atom stereocenters. The van der Waals surface area contributed by atoms with Crippen LogP contribution in [0, 0.1) is 6.92 Å². The van der Waals surface area contributed by atoms with E-state index in [-0.39, 0.29) is 5.56 Å². The van der Waals surface area contributed by atoms with Crippen molar-refractivity contribution in [1.82, 2.24) is 24.1 Å². The maximum absolute atomic E-state index is 13.0. The van der Waals surface area contributed by atoms with Crippen LogP contribution in [-0.2, 0) is 13.0 Å². The van der Waals surface area contributed by atoms with Crippen molar-refractivity contribution in [2.24, 2.45) is 0 Å². The second-order valence-electron chi connectivity index (χ2n) is 6.64. The summed E-state index contributed by atoms with van der Waals surface area (Å²) in [4.78, 5) is 22.2. The first-order chi connectivity index (χ1) is 12.1. The molecule has 0 spiro atoms. The molecule has 0 radical (unpaired) electrons. The zero-order chi connectivity index (χ0) is 17.1. The minimum atomic E-state index is -0.0621. The topological polar surface area (TPSA) is 55.4 Å². The van der Waals surface area contributed by atoms with Crippen molar-refractivity contribution in [3.8, 4) is 5.69 Å². The number of thiophene rings is 1. The molecule has 126 valence electrons. The Balaban J connectivity index is 1.79. The highest BCUT2D eigenvalue weighted by atomic mass is 32.1. The van der Waals surface area contributed by atoms with Gasteiger partial charge in [0, 0.05) is 18.0 Å². The Morgan fingerprint density at radius 2 is 2.00 bits per heavy atom. The number of aromatic nitrogens is 4. The molecule has 4 heterocycles. The average molecular weight is 351 g/mol. The smallest absolute Gasteiger partial charge is 0.284 e. The van der Waals surface area contributed by atoms with Gasteiger partial charge in [0.05, 0.1) is 11.1 Å². The van der Waals surface area contributed by atoms with Gasteiger partial charge in [-0.3, -0.25) is 9.36 Å². The third-order valence-electron chi connectivity index (χ3n) is 4.84. The Morgan fingerprint density at radius 3 is 2.80 bits per heavy atom. The van der Waals surface area contributed by atoms with Crippen LogP contribution in [-0.4, -0.2) is 37.7 Å². The van der Waals surface area contributed by atoms with E-state index in [0.717, 1.165) is 41.0 Å². The Bertz CT molecular complexity index is 1170. The van der Waals surface area contributed by atoms with Crippen LogP contribution in [0.3, 0.4) is 0 Å². The molecule has 0 saturated heterocycles. The highest BCUT2D eigenvalue weighted by Crippen LogP contribution is 2.32. The van der Waals surface area contributed by atoms with E-state index in [4.69, 9.17) is 4.98 Å². The number of rotatable bonds is 1.